The molecule has 128 valence electrons. The van der Waals surface area contributed by atoms with Crippen LogP contribution in [0.2, 0.25) is 0 Å². The molecule has 2 aliphatic rings. The van der Waals surface area contributed by atoms with E-state index in [1.54, 1.807) is 45.9 Å². The van der Waals surface area contributed by atoms with Crippen molar-refractivity contribution in [2.75, 3.05) is 6.79 Å². The van der Waals surface area contributed by atoms with Crippen LogP contribution in [0.4, 0.5) is 4.79 Å². The Morgan fingerprint density at radius 3 is 2.67 bits per heavy atom. The van der Waals surface area contributed by atoms with Crippen molar-refractivity contribution in [2.24, 2.45) is 0 Å². The van der Waals surface area contributed by atoms with Gasteiger partial charge in [-0.3, -0.25) is 0 Å². The third-order valence-electron chi connectivity index (χ3n) is 3.62. The Balaban J connectivity index is 1.98. The van der Waals surface area contributed by atoms with E-state index in [1.165, 1.54) is 0 Å². The molecule has 1 atom stereocenters. The number of hydrogen-bond acceptors (Lipinski definition) is 5. The molecule has 3 rings (SSSR count). The van der Waals surface area contributed by atoms with Crippen molar-refractivity contribution >= 4 is 12.0 Å². The maximum absolute atomic E-state index is 12.6. The van der Waals surface area contributed by atoms with Gasteiger partial charge in [0.15, 0.2) is 11.5 Å². The largest absolute Gasteiger partial charge is 0.456 e. The quantitative estimate of drug-likeness (QED) is 0.812. The molecule has 0 aliphatic carbocycles. The molecule has 2 amide bonds. The van der Waals surface area contributed by atoms with Gasteiger partial charge in [-0.2, -0.15) is 0 Å². The summed E-state index contributed by atoms with van der Waals surface area (Å²) in [4.78, 5) is 24.5. The summed E-state index contributed by atoms with van der Waals surface area (Å²) in [6, 6.07) is 4.32. The molecule has 1 aromatic rings. The van der Waals surface area contributed by atoms with Crippen LogP contribution in [0.25, 0.3) is 0 Å². The Labute approximate surface area is 140 Å². The monoisotopic (exact) mass is 332 g/mol. The minimum absolute atomic E-state index is 0.158. The SMILES string of the molecule is CC1=C(C(=O)OC(C)(C)C)[C@@H](c2ccc3c(c2)OCO3)NC(=O)N1. The summed E-state index contributed by atoms with van der Waals surface area (Å²) in [5, 5.41) is 5.39. The van der Waals surface area contributed by atoms with Gasteiger partial charge < -0.3 is 24.8 Å². The van der Waals surface area contributed by atoms with E-state index >= 15 is 0 Å². The number of allylic oxidation sites excluding steroid dienone is 1. The first-order valence-electron chi connectivity index (χ1n) is 7.66. The van der Waals surface area contributed by atoms with Gasteiger partial charge in [0, 0.05) is 5.70 Å². The van der Waals surface area contributed by atoms with Crippen molar-refractivity contribution in [3.8, 4) is 11.5 Å². The first-order valence-corrected chi connectivity index (χ1v) is 7.66. The number of esters is 1. The number of nitrogens with one attached hydrogen (secondary N) is 2. The lowest BCUT2D eigenvalue weighted by atomic mass is 9.95. The fourth-order valence-electron chi connectivity index (χ4n) is 2.64. The molecule has 0 aromatic heterocycles. The number of rotatable bonds is 2. The summed E-state index contributed by atoms with van der Waals surface area (Å²) in [6.45, 7) is 7.23. The van der Waals surface area contributed by atoms with Gasteiger partial charge >= 0.3 is 12.0 Å². The summed E-state index contributed by atoms with van der Waals surface area (Å²) in [5.41, 5.74) is 0.916. The van der Waals surface area contributed by atoms with E-state index in [4.69, 9.17) is 14.2 Å². The number of carbonyl (C=O) groups excluding carboxylic acids is 2. The number of urea groups is 1. The predicted molar refractivity (Wildman–Crippen MR) is 85.5 cm³/mol. The average Bonchev–Trinajstić information content (AvgIpc) is 2.91. The topological polar surface area (TPSA) is 85.9 Å². The van der Waals surface area contributed by atoms with Crippen LogP contribution in [0, 0.1) is 0 Å². The lowest BCUT2D eigenvalue weighted by Gasteiger charge is -2.30. The zero-order chi connectivity index (χ0) is 17.5. The summed E-state index contributed by atoms with van der Waals surface area (Å²) in [7, 11) is 0. The van der Waals surface area contributed by atoms with Gasteiger partial charge in [-0.25, -0.2) is 9.59 Å². The number of hydrogen-bond donors (Lipinski definition) is 2. The normalized spacial score (nSPS) is 19.7. The van der Waals surface area contributed by atoms with Crippen molar-refractivity contribution in [1.82, 2.24) is 10.6 Å². The molecule has 0 spiro atoms. The molecule has 0 bridgehead atoms. The fourth-order valence-corrected chi connectivity index (χ4v) is 2.64. The molecule has 2 aliphatic heterocycles. The van der Waals surface area contributed by atoms with Crippen molar-refractivity contribution in [2.45, 2.75) is 39.3 Å². The second-order valence-electron chi connectivity index (χ2n) is 6.68. The average molecular weight is 332 g/mol. The van der Waals surface area contributed by atoms with Crippen LogP contribution in [-0.4, -0.2) is 24.4 Å². The van der Waals surface area contributed by atoms with Crippen LogP contribution in [0.1, 0.15) is 39.3 Å². The maximum Gasteiger partial charge on any atom is 0.338 e. The van der Waals surface area contributed by atoms with E-state index in [-0.39, 0.29) is 12.8 Å². The van der Waals surface area contributed by atoms with Gasteiger partial charge in [-0.05, 0) is 45.4 Å². The molecule has 2 heterocycles. The van der Waals surface area contributed by atoms with Crippen molar-refractivity contribution < 1.29 is 23.8 Å². The molecular weight excluding hydrogens is 312 g/mol. The molecule has 2 N–H and O–H groups in total. The lowest BCUT2D eigenvalue weighted by molar-refractivity contribution is -0.150. The zero-order valence-electron chi connectivity index (χ0n) is 14.1. The Bertz CT molecular complexity index is 733. The van der Waals surface area contributed by atoms with E-state index in [1.807, 2.05) is 0 Å². The number of fused-ring (bicyclic) bond motifs is 1. The molecule has 0 fully saturated rings. The van der Waals surface area contributed by atoms with E-state index in [0.29, 0.717) is 28.3 Å². The van der Waals surface area contributed by atoms with Crippen LogP contribution in [0.15, 0.2) is 29.5 Å². The van der Waals surface area contributed by atoms with Crippen LogP contribution in [0.5, 0.6) is 11.5 Å². The number of amides is 2. The molecule has 0 saturated carbocycles. The second kappa shape index (κ2) is 5.74. The third kappa shape index (κ3) is 3.15. The molecular formula is C17H20N2O5. The van der Waals surface area contributed by atoms with Gasteiger partial charge in [0.2, 0.25) is 6.79 Å². The highest BCUT2D eigenvalue weighted by molar-refractivity contribution is 5.95. The Kier molecular flexibility index (Phi) is 3.87. The van der Waals surface area contributed by atoms with Crippen LogP contribution in [-0.2, 0) is 9.53 Å². The van der Waals surface area contributed by atoms with Gasteiger partial charge in [-0.15, -0.1) is 0 Å². The van der Waals surface area contributed by atoms with Crippen LogP contribution < -0.4 is 20.1 Å². The Hall–Kier alpha value is -2.70. The van der Waals surface area contributed by atoms with E-state index in [9.17, 15) is 9.59 Å². The maximum atomic E-state index is 12.6. The Morgan fingerprint density at radius 1 is 1.25 bits per heavy atom. The third-order valence-corrected chi connectivity index (χ3v) is 3.62. The molecule has 0 unspecified atom stereocenters. The minimum atomic E-state index is -0.634. The molecule has 0 radical (unpaired) electrons. The summed E-state index contributed by atoms with van der Waals surface area (Å²) < 4.78 is 16.2. The number of carbonyl (C=O) groups is 2. The molecule has 7 heteroatoms. The van der Waals surface area contributed by atoms with E-state index in [0.717, 1.165) is 0 Å². The zero-order valence-corrected chi connectivity index (χ0v) is 14.1. The number of benzene rings is 1. The van der Waals surface area contributed by atoms with E-state index in [2.05, 4.69) is 10.6 Å². The molecule has 1 aromatic carbocycles. The van der Waals surface area contributed by atoms with E-state index < -0.39 is 17.6 Å². The summed E-state index contributed by atoms with van der Waals surface area (Å²) in [6.07, 6.45) is 0. The standard InChI is InChI=1S/C17H20N2O5/c1-9-13(15(20)24-17(2,3)4)14(19-16(21)18-9)10-5-6-11-12(7-10)23-8-22-11/h5-7,14H,8H2,1-4H3,(H2,18,19,21)/t14-/m1/s1. The molecule has 24 heavy (non-hydrogen) atoms. The van der Waals surface area contributed by atoms with Crippen LogP contribution >= 0.6 is 0 Å². The fraction of sp³-hybridized carbons (Fsp3) is 0.412. The highest BCUT2D eigenvalue weighted by Gasteiger charge is 2.34. The van der Waals surface area contributed by atoms with Crippen molar-refractivity contribution in [3.63, 3.8) is 0 Å². The van der Waals surface area contributed by atoms with Gasteiger partial charge in [0.25, 0.3) is 0 Å². The first kappa shape index (κ1) is 16.2. The highest BCUT2D eigenvalue weighted by atomic mass is 16.7. The van der Waals surface area contributed by atoms with Gasteiger partial charge in [0.1, 0.15) is 5.60 Å². The second-order valence-corrected chi connectivity index (χ2v) is 6.68. The van der Waals surface area contributed by atoms with Crippen molar-refractivity contribution in [3.05, 3.63) is 35.0 Å². The van der Waals surface area contributed by atoms with Crippen LogP contribution in [0.3, 0.4) is 0 Å². The summed E-state index contributed by atoms with van der Waals surface area (Å²) in [5.74, 6) is 0.746. The summed E-state index contributed by atoms with van der Waals surface area (Å²) >= 11 is 0. The predicted octanol–water partition coefficient (Wildman–Crippen LogP) is 2.38. The minimum Gasteiger partial charge on any atom is -0.456 e. The van der Waals surface area contributed by atoms with Gasteiger partial charge in [0.05, 0.1) is 11.6 Å². The highest BCUT2D eigenvalue weighted by Crippen LogP contribution is 2.37. The number of ether oxygens (including phenoxy) is 3. The Morgan fingerprint density at radius 2 is 1.96 bits per heavy atom. The first-order chi connectivity index (χ1) is 11.2. The molecule has 0 saturated heterocycles. The van der Waals surface area contributed by atoms with Gasteiger partial charge in [-0.1, -0.05) is 6.07 Å². The molecule has 7 nitrogen and oxygen atoms in total. The van der Waals surface area contributed by atoms with Crippen molar-refractivity contribution in [1.29, 1.82) is 0 Å². The smallest absolute Gasteiger partial charge is 0.338 e. The lowest BCUT2D eigenvalue weighted by Crippen LogP contribution is -2.46.